The highest BCUT2D eigenvalue weighted by molar-refractivity contribution is 5.72. The first kappa shape index (κ1) is 6.89. The molecule has 13 heavy (non-hydrogen) atoms. The van der Waals surface area contributed by atoms with Crippen LogP contribution in [0.15, 0.2) is 41.2 Å². The van der Waals surface area contributed by atoms with Gasteiger partial charge in [-0.3, -0.25) is 4.99 Å². The molecule has 1 aromatic carbocycles. The molecule has 2 heterocycles. The van der Waals surface area contributed by atoms with Gasteiger partial charge in [-0.05, 0) is 18.1 Å². The molecule has 3 rings (SSSR count). The van der Waals surface area contributed by atoms with Gasteiger partial charge >= 0.3 is 0 Å². The predicted octanol–water partition coefficient (Wildman–Crippen LogP) is 2.51. The van der Waals surface area contributed by atoms with Gasteiger partial charge < -0.3 is 5.32 Å². The minimum Gasteiger partial charge on any atom is -0.357 e. The fraction of sp³-hybridized carbons (Fsp3) is 0.182. The van der Waals surface area contributed by atoms with Crippen molar-refractivity contribution in [1.29, 1.82) is 0 Å². The predicted molar refractivity (Wildman–Crippen MR) is 54.0 cm³/mol. The smallest absolute Gasteiger partial charge is 0.0463 e. The summed E-state index contributed by atoms with van der Waals surface area (Å²) in [4.78, 5) is 4.15. The summed E-state index contributed by atoms with van der Waals surface area (Å²) in [7, 11) is 0. The average Bonchev–Trinajstić information content (AvgIpc) is 2.56. The van der Waals surface area contributed by atoms with Gasteiger partial charge in [-0.1, -0.05) is 18.2 Å². The molecule has 0 aromatic heterocycles. The Morgan fingerprint density at radius 2 is 2.23 bits per heavy atom. The molecule has 0 spiro atoms. The van der Waals surface area contributed by atoms with Crippen molar-refractivity contribution in [2.75, 3.05) is 5.32 Å². The number of fused-ring (bicyclic) bond motifs is 3. The molecule has 1 aromatic rings. The Balaban J connectivity index is 2.14. The van der Waals surface area contributed by atoms with Crippen LogP contribution < -0.4 is 5.32 Å². The van der Waals surface area contributed by atoms with Crippen LogP contribution in [0.5, 0.6) is 0 Å². The van der Waals surface area contributed by atoms with Crippen molar-refractivity contribution >= 4 is 11.9 Å². The first-order valence-electron chi connectivity index (χ1n) is 4.53. The van der Waals surface area contributed by atoms with Crippen LogP contribution in [0.3, 0.4) is 0 Å². The van der Waals surface area contributed by atoms with Crippen LogP contribution in [0.25, 0.3) is 0 Å². The van der Waals surface area contributed by atoms with E-state index in [0.29, 0.717) is 5.92 Å². The van der Waals surface area contributed by atoms with E-state index >= 15 is 0 Å². The highest BCUT2D eigenvalue weighted by Gasteiger charge is 2.26. The van der Waals surface area contributed by atoms with Crippen LogP contribution in [-0.4, -0.2) is 6.21 Å². The number of allylic oxidation sites excluding steroid dienone is 1. The van der Waals surface area contributed by atoms with E-state index in [0.717, 1.165) is 6.42 Å². The topological polar surface area (TPSA) is 24.4 Å². The van der Waals surface area contributed by atoms with Crippen molar-refractivity contribution in [3.8, 4) is 0 Å². The lowest BCUT2D eigenvalue weighted by molar-refractivity contribution is 0.866. The van der Waals surface area contributed by atoms with E-state index in [-0.39, 0.29) is 0 Å². The number of hydrogen-bond acceptors (Lipinski definition) is 2. The third kappa shape index (κ3) is 0.917. The summed E-state index contributed by atoms with van der Waals surface area (Å²) in [5, 5.41) is 3.38. The van der Waals surface area contributed by atoms with E-state index in [1.807, 2.05) is 12.4 Å². The normalized spacial score (nSPS) is 23.1. The maximum absolute atomic E-state index is 4.15. The number of rotatable bonds is 0. The van der Waals surface area contributed by atoms with E-state index in [1.165, 1.54) is 16.9 Å². The number of anilines is 1. The van der Waals surface area contributed by atoms with Crippen LogP contribution in [0.4, 0.5) is 5.69 Å². The lowest BCUT2D eigenvalue weighted by atomic mass is 9.95. The Morgan fingerprint density at radius 3 is 3.23 bits per heavy atom. The molecular formula is C11H10N2. The Bertz CT molecular complexity index is 404. The highest BCUT2D eigenvalue weighted by Crippen LogP contribution is 2.40. The summed E-state index contributed by atoms with van der Waals surface area (Å²) in [6.45, 7) is 0. The number of nitrogens with one attached hydrogen (secondary N) is 1. The fourth-order valence-corrected chi connectivity index (χ4v) is 2.00. The van der Waals surface area contributed by atoms with Gasteiger partial charge in [-0.15, -0.1) is 0 Å². The zero-order valence-corrected chi connectivity index (χ0v) is 7.20. The standard InChI is InChI=1S/C11H10N2/c1-2-4-10-8(3-1)9-5-6-12-7-11(9)13-10/h1-4,6-7,9,13H,5H2. The first-order chi connectivity index (χ1) is 6.45. The maximum Gasteiger partial charge on any atom is 0.0463 e. The quantitative estimate of drug-likeness (QED) is 0.635. The molecule has 1 N–H and O–H groups in total. The summed E-state index contributed by atoms with van der Waals surface area (Å²) in [5.41, 5.74) is 3.88. The van der Waals surface area contributed by atoms with Gasteiger partial charge in [0, 0.05) is 29.7 Å². The second-order valence-electron chi connectivity index (χ2n) is 3.42. The van der Waals surface area contributed by atoms with Gasteiger partial charge in [-0.2, -0.15) is 0 Å². The molecule has 0 bridgehead atoms. The van der Waals surface area contributed by atoms with Crippen molar-refractivity contribution in [3.63, 3.8) is 0 Å². The molecule has 2 aliphatic rings. The van der Waals surface area contributed by atoms with E-state index < -0.39 is 0 Å². The molecule has 2 aliphatic heterocycles. The zero-order chi connectivity index (χ0) is 8.67. The summed E-state index contributed by atoms with van der Waals surface area (Å²) in [6.07, 6.45) is 4.93. The largest absolute Gasteiger partial charge is 0.357 e. The molecule has 64 valence electrons. The number of nitrogens with zero attached hydrogens (tertiary/aromatic N) is 1. The molecule has 0 amide bonds. The third-order valence-corrected chi connectivity index (χ3v) is 2.65. The van der Waals surface area contributed by atoms with E-state index in [2.05, 4.69) is 34.6 Å². The molecule has 0 saturated heterocycles. The summed E-state index contributed by atoms with van der Waals surface area (Å²) >= 11 is 0. The average molecular weight is 170 g/mol. The lowest BCUT2D eigenvalue weighted by Gasteiger charge is -2.11. The van der Waals surface area contributed by atoms with Crippen LogP contribution in [0, 0.1) is 0 Å². The minimum atomic E-state index is 0.522. The lowest BCUT2D eigenvalue weighted by Crippen LogP contribution is -2.03. The Hall–Kier alpha value is -1.57. The van der Waals surface area contributed by atoms with Crippen molar-refractivity contribution in [2.45, 2.75) is 12.3 Å². The van der Waals surface area contributed by atoms with Crippen LogP contribution in [0.1, 0.15) is 17.9 Å². The van der Waals surface area contributed by atoms with Crippen LogP contribution in [-0.2, 0) is 0 Å². The highest BCUT2D eigenvalue weighted by atomic mass is 15.0. The van der Waals surface area contributed by atoms with Crippen LogP contribution >= 0.6 is 0 Å². The molecule has 1 atom stereocenters. The van der Waals surface area contributed by atoms with Crippen molar-refractivity contribution < 1.29 is 0 Å². The number of hydrogen-bond donors (Lipinski definition) is 1. The number of aliphatic imine (C=N–C) groups is 1. The molecule has 1 unspecified atom stereocenters. The number of benzene rings is 1. The van der Waals surface area contributed by atoms with E-state index in [9.17, 15) is 0 Å². The zero-order valence-electron chi connectivity index (χ0n) is 7.20. The monoisotopic (exact) mass is 170 g/mol. The van der Waals surface area contributed by atoms with E-state index in [1.54, 1.807) is 0 Å². The molecule has 0 aliphatic carbocycles. The summed E-state index contributed by atoms with van der Waals surface area (Å²) in [5.74, 6) is 0.522. The minimum absolute atomic E-state index is 0.522. The van der Waals surface area contributed by atoms with Gasteiger partial charge in [0.1, 0.15) is 0 Å². The Labute approximate surface area is 77.0 Å². The third-order valence-electron chi connectivity index (χ3n) is 2.65. The molecular weight excluding hydrogens is 160 g/mol. The molecule has 2 nitrogen and oxygen atoms in total. The molecule has 0 fully saturated rings. The van der Waals surface area contributed by atoms with E-state index in [4.69, 9.17) is 0 Å². The number of para-hydroxylation sites is 1. The fourth-order valence-electron chi connectivity index (χ4n) is 2.00. The Kier molecular flexibility index (Phi) is 1.30. The molecule has 0 saturated carbocycles. The van der Waals surface area contributed by atoms with Crippen LogP contribution in [0.2, 0.25) is 0 Å². The maximum atomic E-state index is 4.15. The summed E-state index contributed by atoms with van der Waals surface area (Å²) in [6, 6.07) is 8.46. The molecule has 0 radical (unpaired) electrons. The van der Waals surface area contributed by atoms with Gasteiger partial charge in [0.15, 0.2) is 0 Å². The SMILES string of the molecule is C1=NC=C2Nc3ccccc3C2C1. The first-order valence-corrected chi connectivity index (χ1v) is 4.53. The van der Waals surface area contributed by atoms with Gasteiger partial charge in [-0.25, -0.2) is 0 Å². The second-order valence-corrected chi connectivity index (χ2v) is 3.42. The van der Waals surface area contributed by atoms with Crippen molar-refractivity contribution in [2.24, 2.45) is 4.99 Å². The van der Waals surface area contributed by atoms with Gasteiger partial charge in [0.25, 0.3) is 0 Å². The van der Waals surface area contributed by atoms with Crippen molar-refractivity contribution in [3.05, 3.63) is 41.7 Å². The second kappa shape index (κ2) is 2.46. The van der Waals surface area contributed by atoms with Gasteiger partial charge in [0.2, 0.25) is 0 Å². The molecule has 2 heteroatoms. The summed E-state index contributed by atoms with van der Waals surface area (Å²) < 4.78 is 0. The van der Waals surface area contributed by atoms with Crippen molar-refractivity contribution in [1.82, 2.24) is 0 Å². The van der Waals surface area contributed by atoms with Gasteiger partial charge in [0.05, 0.1) is 0 Å². The Morgan fingerprint density at radius 1 is 1.31 bits per heavy atom.